The highest BCUT2D eigenvalue weighted by molar-refractivity contribution is 14.1. The van der Waals surface area contributed by atoms with Crippen LogP contribution in [0.1, 0.15) is 0 Å². The molecule has 0 bridgehead atoms. The van der Waals surface area contributed by atoms with E-state index < -0.39 is 27.6 Å². The summed E-state index contributed by atoms with van der Waals surface area (Å²) < 4.78 is 95.2. The van der Waals surface area contributed by atoms with Gasteiger partial charge >= 0.3 is 23.7 Å². The molecule has 1 saturated carbocycles. The number of hydrogen-bond donors (Lipinski definition) is 0. The molecule has 0 amide bonds. The molecule has 0 aliphatic heterocycles. The van der Waals surface area contributed by atoms with Crippen molar-refractivity contribution in [2.24, 2.45) is 0 Å². The summed E-state index contributed by atoms with van der Waals surface area (Å²) in [4.78, 5) is 0. The van der Waals surface area contributed by atoms with E-state index in [4.69, 9.17) is 0 Å². The van der Waals surface area contributed by atoms with Crippen LogP contribution in [-0.2, 0) is 0 Å². The molecular weight excluding hydrogens is 339 g/mol. The second kappa shape index (κ2) is 2.64. The van der Waals surface area contributed by atoms with Crippen molar-refractivity contribution in [3.63, 3.8) is 0 Å². The van der Waals surface area contributed by atoms with Crippen molar-refractivity contribution in [1.29, 1.82) is 0 Å². The Morgan fingerprint density at radius 3 is 0.929 bits per heavy atom. The molecule has 1 aliphatic carbocycles. The molecule has 0 unspecified atom stereocenters. The minimum absolute atomic E-state index is 0.208. The lowest BCUT2D eigenvalue weighted by Crippen LogP contribution is -2.51. The molecule has 0 aromatic rings. The minimum atomic E-state index is -6.03. The smallest absolute Gasteiger partial charge is 0.198 e. The Bertz CT molecular complexity index is 232. The number of hydrogen-bond acceptors (Lipinski definition) is 0. The number of rotatable bonds is 0. The summed E-state index contributed by atoms with van der Waals surface area (Å²) in [6.45, 7) is 0. The van der Waals surface area contributed by atoms with Gasteiger partial charge in [-0.15, -0.1) is 0 Å². The van der Waals surface area contributed by atoms with Gasteiger partial charge in [0.1, 0.15) is 0 Å². The van der Waals surface area contributed by atoms with Gasteiger partial charge in [-0.3, -0.25) is 0 Å². The predicted octanol–water partition coefficient (Wildman–Crippen LogP) is 3.34. The molecule has 1 aliphatic rings. The van der Waals surface area contributed by atoms with Gasteiger partial charge in [-0.05, 0) is 0 Å². The Morgan fingerprint density at radius 2 is 0.857 bits per heavy atom. The first-order valence-electron chi connectivity index (χ1n) is 3.06. The van der Waals surface area contributed by atoms with E-state index in [-0.39, 0.29) is 22.6 Å². The van der Waals surface area contributed by atoms with Crippen molar-refractivity contribution in [1.82, 2.24) is 0 Å². The van der Waals surface area contributed by atoms with Gasteiger partial charge in [0, 0.05) is 0 Å². The monoisotopic (exact) mass is 340 g/mol. The highest BCUT2D eigenvalue weighted by Crippen LogP contribution is 2.65. The quantitative estimate of drug-likeness (QED) is 0.361. The molecule has 0 radical (unpaired) electrons. The Labute approximate surface area is 85.8 Å². The van der Waals surface area contributed by atoms with Crippen molar-refractivity contribution in [3.8, 4) is 0 Å². The summed E-state index contributed by atoms with van der Waals surface area (Å²) in [5, 5.41) is 0. The van der Waals surface area contributed by atoms with Gasteiger partial charge in [-0.25, -0.2) is 0 Å². The lowest BCUT2D eigenvalue weighted by atomic mass is 10.2. The van der Waals surface area contributed by atoms with E-state index in [1.165, 1.54) is 0 Å². The molecule has 14 heavy (non-hydrogen) atoms. The molecule has 0 heterocycles. The normalized spacial score (nSPS) is 33.2. The van der Waals surface area contributed by atoms with E-state index in [1.54, 1.807) is 0 Å². The van der Waals surface area contributed by atoms with Gasteiger partial charge in [0.05, 0.1) is 0 Å². The maximum atomic E-state index is 12.4. The Hall–Kier alpha value is 0.170. The van der Waals surface area contributed by atoms with Crippen LogP contribution in [-0.4, -0.2) is 27.6 Å². The Kier molecular flexibility index (Phi) is 2.31. The number of alkyl halides is 9. The fraction of sp³-hybridized carbons (Fsp3) is 1.00. The summed E-state index contributed by atoms with van der Waals surface area (Å²) in [6, 6.07) is 0. The van der Waals surface area contributed by atoms with Crippen LogP contribution in [0.15, 0.2) is 0 Å². The van der Waals surface area contributed by atoms with Gasteiger partial charge in [0.25, 0.3) is 0 Å². The van der Waals surface area contributed by atoms with E-state index in [1.807, 2.05) is 0 Å². The zero-order valence-corrected chi connectivity index (χ0v) is 8.14. The van der Waals surface area contributed by atoms with Crippen LogP contribution in [0.2, 0.25) is 0 Å². The van der Waals surface area contributed by atoms with E-state index >= 15 is 0 Å². The maximum absolute atomic E-state index is 12.4. The first-order chi connectivity index (χ1) is 5.90. The zero-order valence-electron chi connectivity index (χ0n) is 5.98. The minimum Gasteiger partial charge on any atom is -0.198 e. The fourth-order valence-electron chi connectivity index (χ4n) is 0.965. The molecule has 9 heteroatoms. The molecule has 1 rings (SSSR count). The van der Waals surface area contributed by atoms with Gasteiger partial charge in [-0.2, -0.15) is 35.1 Å². The molecule has 0 saturated heterocycles. The van der Waals surface area contributed by atoms with Crippen LogP contribution in [0, 0.1) is 0 Å². The highest BCUT2D eigenvalue weighted by atomic mass is 127. The molecule has 0 atom stereocenters. The van der Waals surface area contributed by atoms with Gasteiger partial charge < -0.3 is 0 Å². The summed E-state index contributed by atoms with van der Waals surface area (Å²) in [5.41, 5.74) is 0. The predicted molar refractivity (Wildman–Crippen MR) is 37.6 cm³/mol. The zero-order chi connectivity index (χ0) is 11.6. The second-order valence-corrected chi connectivity index (χ2v) is 4.00. The average Bonchev–Trinajstić information content (AvgIpc) is 2.05. The molecule has 0 aromatic carbocycles. The summed E-state index contributed by atoms with van der Waals surface area (Å²) in [7, 11) is 0. The molecule has 0 aromatic heterocycles. The fourth-order valence-corrected chi connectivity index (χ4v) is 1.75. The highest BCUT2D eigenvalue weighted by Gasteiger charge is 2.92. The van der Waals surface area contributed by atoms with Crippen molar-refractivity contribution in [2.45, 2.75) is 27.6 Å². The third-order valence-corrected chi connectivity index (χ3v) is 3.43. The largest absolute Gasteiger partial charge is 0.379 e. The van der Waals surface area contributed by atoms with E-state index in [2.05, 4.69) is 0 Å². The SMILES string of the molecule is FC1(F)C(I)C(F)(F)C(F)(F)C1(F)F. The molecule has 1 fully saturated rings. The first kappa shape index (κ1) is 12.2. The van der Waals surface area contributed by atoms with Crippen molar-refractivity contribution in [3.05, 3.63) is 0 Å². The number of halogens is 9. The third-order valence-electron chi connectivity index (χ3n) is 1.87. The average molecular weight is 340 g/mol. The standard InChI is InChI=1S/C5HF8I/c6-2(7)1(14)3(8,9)5(12,13)4(2,10)11/h1H. The van der Waals surface area contributed by atoms with Crippen molar-refractivity contribution >= 4 is 22.6 Å². The molecular formula is C5HF8I. The summed E-state index contributed by atoms with van der Waals surface area (Å²) >= 11 is 0.208. The van der Waals surface area contributed by atoms with E-state index in [9.17, 15) is 35.1 Å². The molecule has 0 nitrogen and oxygen atoms in total. The maximum Gasteiger partial charge on any atom is 0.379 e. The van der Waals surface area contributed by atoms with Crippen LogP contribution in [0.4, 0.5) is 35.1 Å². The van der Waals surface area contributed by atoms with Crippen molar-refractivity contribution in [2.75, 3.05) is 0 Å². The van der Waals surface area contributed by atoms with Gasteiger partial charge in [-0.1, -0.05) is 22.6 Å². The Morgan fingerprint density at radius 1 is 0.643 bits per heavy atom. The van der Waals surface area contributed by atoms with Crippen molar-refractivity contribution < 1.29 is 35.1 Å². The van der Waals surface area contributed by atoms with E-state index in [0.717, 1.165) is 0 Å². The van der Waals surface area contributed by atoms with Crippen LogP contribution in [0.3, 0.4) is 0 Å². The molecule has 0 N–H and O–H groups in total. The topological polar surface area (TPSA) is 0 Å². The van der Waals surface area contributed by atoms with Crippen LogP contribution < -0.4 is 0 Å². The summed E-state index contributed by atoms with van der Waals surface area (Å²) in [5.74, 6) is -22.9. The third kappa shape index (κ3) is 0.990. The lowest BCUT2D eigenvalue weighted by Gasteiger charge is -2.23. The summed E-state index contributed by atoms with van der Waals surface area (Å²) in [6.07, 6.45) is 0. The van der Waals surface area contributed by atoms with Crippen LogP contribution in [0.25, 0.3) is 0 Å². The van der Waals surface area contributed by atoms with Crippen LogP contribution >= 0.6 is 22.6 Å². The first-order valence-corrected chi connectivity index (χ1v) is 4.30. The van der Waals surface area contributed by atoms with E-state index in [0.29, 0.717) is 0 Å². The van der Waals surface area contributed by atoms with Crippen LogP contribution in [0.5, 0.6) is 0 Å². The molecule has 84 valence electrons. The van der Waals surface area contributed by atoms with Gasteiger partial charge in [0.15, 0.2) is 3.92 Å². The Balaban J connectivity index is 3.38. The lowest BCUT2D eigenvalue weighted by molar-refractivity contribution is -0.303. The second-order valence-electron chi connectivity index (χ2n) is 2.76. The molecule has 0 spiro atoms. The van der Waals surface area contributed by atoms with Gasteiger partial charge in [0.2, 0.25) is 0 Å².